The fraction of sp³-hybridized carbons (Fsp3) is 0.647. The Hall–Kier alpha value is -0.910. The molecular formula is C17H26N2O2S. The number of sulfonamides is 1. The van der Waals surface area contributed by atoms with Crippen LogP contribution in [0.2, 0.25) is 0 Å². The van der Waals surface area contributed by atoms with E-state index in [9.17, 15) is 8.42 Å². The SMILES string of the molecule is CCCS(=O)(=O)N(C)[C@@H]1CCN2CCc3ccccc3C2C1. The maximum Gasteiger partial charge on any atom is 0.214 e. The first kappa shape index (κ1) is 16.0. The molecule has 1 unspecified atom stereocenters. The second-order valence-electron chi connectivity index (χ2n) is 6.51. The first-order valence-electron chi connectivity index (χ1n) is 8.30. The summed E-state index contributed by atoms with van der Waals surface area (Å²) in [5, 5.41) is 0. The van der Waals surface area contributed by atoms with E-state index in [1.165, 1.54) is 11.1 Å². The zero-order valence-electron chi connectivity index (χ0n) is 13.5. The van der Waals surface area contributed by atoms with Crippen LogP contribution < -0.4 is 0 Å². The van der Waals surface area contributed by atoms with Gasteiger partial charge < -0.3 is 0 Å². The minimum atomic E-state index is -3.11. The van der Waals surface area contributed by atoms with Crippen molar-refractivity contribution in [2.45, 2.75) is 44.7 Å². The Labute approximate surface area is 134 Å². The minimum absolute atomic E-state index is 0.129. The third-order valence-corrected chi connectivity index (χ3v) is 7.28. The van der Waals surface area contributed by atoms with Crippen molar-refractivity contribution in [3.63, 3.8) is 0 Å². The largest absolute Gasteiger partial charge is 0.296 e. The highest BCUT2D eigenvalue weighted by molar-refractivity contribution is 7.89. The van der Waals surface area contributed by atoms with Gasteiger partial charge in [0.25, 0.3) is 0 Å². The number of hydrogen-bond acceptors (Lipinski definition) is 3. The van der Waals surface area contributed by atoms with E-state index in [-0.39, 0.29) is 11.8 Å². The Kier molecular flexibility index (Phi) is 4.57. The van der Waals surface area contributed by atoms with Gasteiger partial charge in [0.1, 0.15) is 0 Å². The van der Waals surface area contributed by atoms with E-state index < -0.39 is 10.0 Å². The number of rotatable bonds is 4. The zero-order chi connectivity index (χ0) is 15.7. The predicted octanol–water partition coefficient (Wildman–Crippen LogP) is 2.42. The number of hydrogen-bond donors (Lipinski definition) is 0. The van der Waals surface area contributed by atoms with E-state index in [0.717, 1.165) is 32.4 Å². The Bertz CT molecular complexity index is 629. The molecule has 2 heterocycles. The van der Waals surface area contributed by atoms with Gasteiger partial charge in [0.2, 0.25) is 10.0 Å². The zero-order valence-corrected chi connectivity index (χ0v) is 14.3. The maximum absolute atomic E-state index is 12.3. The van der Waals surface area contributed by atoms with Crippen LogP contribution in [0.5, 0.6) is 0 Å². The van der Waals surface area contributed by atoms with Gasteiger partial charge in [-0.25, -0.2) is 12.7 Å². The summed E-state index contributed by atoms with van der Waals surface area (Å²) in [6.07, 6.45) is 3.65. The molecule has 1 aromatic rings. The molecule has 0 aliphatic carbocycles. The molecule has 0 saturated carbocycles. The summed E-state index contributed by atoms with van der Waals surface area (Å²) in [6, 6.07) is 9.14. The summed E-state index contributed by atoms with van der Waals surface area (Å²) in [5.74, 6) is 0.255. The van der Waals surface area contributed by atoms with Gasteiger partial charge in [-0.3, -0.25) is 4.90 Å². The lowest BCUT2D eigenvalue weighted by atomic mass is 9.85. The Morgan fingerprint density at radius 2 is 2.05 bits per heavy atom. The van der Waals surface area contributed by atoms with Crippen LogP contribution in [-0.4, -0.2) is 49.6 Å². The highest BCUT2D eigenvalue weighted by Crippen LogP contribution is 2.38. The summed E-state index contributed by atoms with van der Waals surface area (Å²) in [4.78, 5) is 2.53. The summed E-state index contributed by atoms with van der Waals surface area (Å²) in [6.45, 7) is 4.01. The Morgan fingerprint density at radius 1 is 1.27 bits per heavy atom. The summed E-state index contributed by atoms with van der Waals surface area (Å²) in [5.41, 5.74) is 2.84. The van der Waals surface area contributed by atoms with Crippen molar-refractivity contribution >= 4 is 10.0 Å². The van der Waals surface area contributed by atoms with E-state index in [0.29, 0.717) is 12.5 Å². The molecule has 0 radical (unpaired) electrons. The molecule has 2 aliphatic rings. The molecular weight excluding hydrogens is 296 g/mol. The molecule has 122 valence electrons. The van der Waals surface area contributed by atoms with Crippen molar-refractivity contribution < 1.29 is 8.42 Å². The summed E-state index contributed by atoms with van der Waals surface area (Å²) < 4.78 is 26.3. The van der Waals surface area contributed by atoms with E-state index in [1.807, 2.05) is 6.92 Å². The van der Waals surface area contributed by atoms with Gasteiger partial charge in [0.05, 0.1) is 5.75 Å². The van der Waals surface area contributed by atoms with Crippen LogP contribution in [0.3, 0.4) is 0 Å². The number of fused-ring (bicyclic) bond motifs is 3. The molecule has 3 rings (SSSR count). The van der Waals surface area contributed by atoms with Crippen molar-refractivity contribution in [3.8, 4) is 0 Å². The van der Waals surface area contributed by atoms with Gasteiger partial charge in [-0.05, 0) is 36.8 Å². The summed E-state index contributed by atoms with van der Waals surface area (Å²) >= 11 is 0. The van der Waals surface area contributed by atoms with Crippen molar-refractivity contribution in [1.82, 2.24) is 9.21 Å². The van der Waals surface area contributed by atoms with Gasteiger partial charge in [0, 0.05) is 32.2 Å². The van der Waals surface area contributed by atoms with Crippen LogP contribution in [0.1, 0.15) is 43.4 Å². The van der Waals surface area contributed by atoms with Crippen LogP contribution in [0.15, 0.2) is 24.3 Å². The standard InChI is InChI=1S/C17H26N2O2S/c1-3-12-22(20,21)18(2)15-9-11-19-10-8-14-6-4-5-7-16(14)17(19)13-15/h4-7,15,17H,3,8-13H2,1-2H3/t15-,17?/m1/s1. The van der Waals surface area contributed by atoms with Crippen molar-refractivity contribution in [1.29, 1.82) is 0 Å². The third kappa shape index (κ3) is 2.94. The average Bonchev–Trinajstić information content (AvgIpc) is 2.53. The lowest BCUT2D eigenvalue weighted by molar-refractivity contribution is 0.0969. The average molecular weight is 322 g/mol. The molecule has 0 amide bonds. The molecule has 2 aliphatic heterocycles. The maximum atomic E-state index is 12.3. The van der Waals surface area contributed by atoms with E-state index in [1.54, 1.807) is 11.4 Å². The van der Waals surface area contributed by atoms with Crippen LogP contribution in [-0.2, 0) is 16.4 Å². The lowest BCUT2D eigenvalue weighted by Crippen LogP contribution is -2.49. The fourth-order valence-corrected chi connectivity index (χ4v) is 5.35. The van der Waals surface area contributed by atoms with Crippen LogP contribution in [0.25, 0.3) is 0 Å². The molecule has 22 heavy (non-hydrogen) atoms. The van der Waals surface area contributed by atoms with Crippen molar-refractivity contribution in [2.24, 2.45) is 0 Å². The lowest BCUT2D eigenvalue weighted by Gasteiger charge is -2.45. The molecule has 5 heteroatoms. The Balaban J connectivity index is 1.80. The van der Waals surface area contributed by atoms with Crippen LogP contribution >= 0.6 is 0 Å². The molecule has 0 N–H and O–H groups in total. The number of nitrogens with zero attached hydrogens (tertiary/aromatic N) is 2. The van der Waals surface area contributed by atoms with Gasteiger partial charge in [0.15, 0.2) is 0 Å². The van der Waals surface area contributed by atoms with Gasteiger partial charge in [-0.2, -0.15) is 0 Å². The van der Waals surface area contributed by atoms with Crippen LogP contribution in [0.4, 0.5) is 0 Å². The second-order valence-corrected chi connectivity index (χ2v) is 8.66. The highest BCUT2D eigenvalue weighted by atomic mass is 32.2. The first-order valence-corrected chi connectivity index (χ1v) is 9.91. The smallest absolute Gasteiger partial charge is 0.214 e. The molecule has 0 bridgehead atoms. The van der Waals surface area contributed by atoms with Crippen LogP contribution in [0, 0.1) is 0 Å². The Morgan fingerprint density at radius 3 is 2.82 bits per heavy atom. The van der Waals surface area contributed by atoms with Crippen molar-refractivity contribution in [2.75, 3.05) is 25.9 Å². The minimum Gasteiger partial charge on any atom is -0.296 e. The predicted molar refractivity (Wildman–Crippen MR) is 89.3 cm³/mol. The second kappa shape index (κ2) is 6.30. The molecule has 0 spiro atoms. The van der Waals surface area contributed by atoms with Gasteiger partial charge >= 0.3 is 0 Å². The fourth-order valence-electron chi connectivity index (χ4n) is 3.90. The third-order valence-electron chi connectivity index (χ3n) is 5.18. The monoisotopic (exact) mass is 322 g/mol. The molecule has 1 fully saturated rings. The number of benzene rings is 1. The van der Waals surface area contributed by atoms with Crippen molar-refractivity contribution in [3.05, 3.63) is 35.4 Å². The molecule has 1 saturated heterocycles. The van der Waals surface area contributed by atoms with E-state index >= 15 is 0 Å². The highest BCUT2D eigenvalue weighted by Gasteiger charge is 2.37. The van der Waals surface area contributed by atoms with Gasteiger partial charge in [-0.15, -0.1) is 0 Å². The topological polar surface area (TPSA) is 40.6 Å². The normalized spacial score (nSPS) is 25.8. The first-order chi connectivity index (χ1) is 10.5. The molecule has 2 atom stereocenters. The van der Waals surface area contributed by atoms with E-state index in [4.69, 9.17) is 0 Å². The molecule has 0 aromatic heterocycles. The quantitative estimate of drug-likeness (QED) is 0.855. The molecule has 1 aromatic carbocycles. The summed E-state index contributed by atoms with van der Waals surface area (Å²) in [7, 11) is -1.35. The number of piperidine rings is 1. The van der Waals surface area contributed by atoms with E-state index in [2.05, 4.69) is 29.2 Å². The van der Waals surface area contributed by atoms with Gasteiger partial charge in [-0.1, -0.05) is 31.2 Å². The molecule has 4 nitrogen and oxygen atoms in total.